The summed E-state index contributed by atoms with van der Waals surface area (Å²) in [5.74, 6) is 1.74. The highest BCUT2D eigenvalue weighted by Gasteiger charge is 2.20. The van der Waals surface area contributed by atoms with Crippen LogP contribution in [0.15, 0.2) is 6.07 Å². The Morgan fingerprint density at radius 3 is 2.62 bits per heavy atom. The molecular weight excluding hydrogens is 198 g/mol. The van der Waals surface area contributed by atoms with Gasteiger partial charge in [0.2, 0.25) is 5.95 Å². The molecule has 16 heavy (non-hydrogen) atoms. The molecule has 1 aliphatic rings. The van der Waals surface area contributed by atoms with Crippen LogP contribution in [0.5, 0.6) is 0 Å². The quantitative estimate of drug-likeness (QED) is 0.766. The summed E-state index contributed by atoms with van der Waals surface area (Å²) in [6.07, 6.45) is 3.90. The van der Waals surface area contributed by atoms with Gasteiger partial charge < -0.3 is 4.90 Å². The fourth-order valence-electron chi connectivity index (χ4n) is 2.43. The molecule has 0 amide bonds. The van der Waals surface area contributed by atoms with E-state index in [4.69, 9.17) is 0 Å². The average Bonchev–Trinajstić information content (AvgIpc) is 2.28. The third-order valence-electron chi connectivity index (χ3n) is 3.35. The van der Waals surface area contributed by atoms with E-state index >= 15 is 0 Å². The molecule has 1 unspecified atom stereocenters. The zero-order chi connectivity index (χ0) is 11.5. The van der Waals surface area contributed by atoms with E-state index in [1.165, 1.54) is 19.3 Å². The molecule has 1 aromatic heterocycles. The summed E-state index contributed by atoms with van der Waals surface area (Å²) in [4.78, 5) is 11.4. The molecule has 1 saturated heterocycles. The molecule has 3 nitrogen and oxygen atoms in total. The van der Waals surface area contributed by atoms with Gasteiger partial charge in [-0.05, 0) is 38.7 Å². The maximum atomic E-state index is 4.54. The van der Waals surface area contributed by atoms with Gasteiger partial charge in [0.25, 0.3) is 0 Å². The molecule has 1 aliphatic heterocycles. The molecular formula is C13H21N3. The molecule has 2 heterocycles. The van der Waals surface area contributed by atoms with Gasteiger partial charge in [0, 0.05) is 24.5 Å². The molecule has 1 atom stereocenters. The predicted molar refractivity (Wildman–Crippen MR) is 66.7 cm³/mol. The molecule has 0 radical (unpaired) electrons. The van der Waals surface area contributed by atoms with Crippen LogP contribution in [0, 0.1) is 19.8 Å². The fourth-order valence-corrected chi connectivity index (χ4v) is 2.43. The first kappa shape index (κ1) is 11.4. The highest BCUT2D eigenvalue weighted by Crippen LogP contribution is 2.22. The monoisotopic (exact) mass is 219 g/mol. The first-order valence-electron chi connectivity index (χ1n) is 6.26. The van der Waals surface area contributed by atoms with Crippen molar-refractivity contribution in [1.29, 1.82) is 0 Å². The number of hydrogen-bond donors (Lipinski definition) is 0. The molecule has 1 aromatic rings. The summed E-state index contributed by atoms with van der Waals surface area (Å²) in [6.45, 7) is 8.59. The van der Waals surface area contributed by atoms with Crippen LogP contribution in [0.25, 0.3) is 0 Å². The van der Waals surface area contributed by atoms with Crippen molar-refractivity contribution in [3.63, 3.8) is 0 Å². The smallest absolute Gasteiger partial charge is 0.225 e. The second kappa shape index (κ2) is 4.81. The van der Waals surface area contributed by atoms with Crippen LogP contribution in [-0.2, 0) is 0 Å². The van der Waals surface area contributed by atoms with Crippen molar-refractivity contribution in [3.05, 3.63) is 17.5 Å². The van der Waals surface area contributed by atoms with Crippen molar-refractivity contribution in [2.24, 2.45) is 5.92 Å². The van der Waals surface area contributed by atoms with Crippen LogP contribution in [0.2, 0.25) is 0 Å². The largest absolute Gasteiger partial charge is 0.341 e. The number of piperidine rings is 1. The van der Waals surface area contributed by atoms with Gasteiger partial charge in [-0.3, -0.25) is 0 Å². The molecule has 1 fully saturated rings. The van der Waals surface area contributed by atoms with Gasteiger partial charge in [0.1, 0.15) is 0 Å². The van der Waals surface area contributed by atoms with Gasteiger partial charge in [-0.25, -0.2) is 9.97 Å². The number of anilines is 1. The Morgan fingerprint density at radius 1 is 1.31 bits per heavy atom. The molecule has 0 aliphatic carbocycles. The van der Waals surface area contributed by atoms with Crippen LogP contribution in [0.3, 0.4) is 0 Å². The fraction of sp³-hybridized carbons (Fsp3) is 0.692. The number of hydrogen-bond acceptors (Lipinski definition) is 3. The van der Waals surface area contributed by atoms with Crippen molar-refractivity contribution >= 4 is 5.95 Å². The van der Waals surface area contributed by atoms with E-state index in [9.17, 15) is 0 Å². The van der Waals surface area contributed by atoms with Crippen molar-refractivity contribution in [2.75, 3.05) is 18.0 Å². The minimum atomic E-state index is 0.818. The van der Waals surface area contributed by atoms with Crippen molar-refractivity contribution in [2.45, 2.75) is 40.0 Å². The van der Waals surface area contributed by atoms with E-state index in [0.29, 0.717) is 0 Å². The molecule has 88 valence electrons. The number of nitrogens with zero attached hydrogens (tertiary/aromatic N) is 3. The van der Waals surface area contributed by atoms with E-state index in [1.54, 1.807) is 0 Å². The lowest BCUT2D eigenvalue weighted by Gasteiger charge is -2.32. The lowest BCUT2D eigenvalue weighted by Crippen LogP contribution is -2.36. The van der Waals surface area contributed by atoms with Crippen molar-refractivity contribution in [1.82, 2.24) is 9.97 Å². The normalized spacial score (nSPS) is 21.2. The Balaban J connectivity index is 2.16. The van der Waals surface area contributed by atoms with Crippen LogP contribution in [-0.4, -0.2) is 23.1 Å². The van der Waals surface area contributed by atoms with Gasteiger partial charge in [0.15, 0.2) is 0 Å². The van der Waals surface area contributed by atoms with E-state index in [2.05, 4.69) is 21.8 Å². The first-order valence-corrected chi connectivity index (χ1v) is 6.26. The second-order valence-corrected chi connectivity index (χ2v) is 4.81. The van der Waals surface area contributed by atoms with Gasteiger partial charge in [0.05, 0.1) is 0 Å². The van der Waals surface area contributed by atoms with Gasteiger partial charge in [-0.2, -0.15) is 0 Å². The van der Waals surface area contributed by atoms with Gasteiger partial charge in [-0.1, -0.05) is 13.3 Å². The van der Waals surface area contributed by atoms with E-state index in [1.807, 2.05) is 19.9 Å². The molecule has 0 N–H and O–H groups in total. The van der Waals surface area contributed by atoms with Gasteiger partial charge >= 0.3 is 0 Å². The van der Waals surface area contributed by atoms with Crippen molar-refractivity contribution in [3.8, 4) is 0 Å². The standard InChI is InChI=1S/C13H21N3/c1-4-12-6-5-7-16(9-12)13-14-10(2)8-11(3)15-13/h8,12H,4-7,9H2,1-3H3. The van der Waals surface area contributed by atoms with Crippen LogP contribution in [0.4, 0.5) is 5.95 Å². The number of rotatable bonds is 2. The topological polar surface area (TPSA) is 29.0 Å². The minimum absolute atomic E-state index is 0.818. The van der Waals surface area contributed by atoms with E-state index in [0.717, 1.165) is 36.3 Å². The molecule has 0 aromatic carbocycles. The molecule has 3 heteroatoms. The number of aromatic nitrogens is 2. The van der Waals surface area contributed by atoms with Crippen LogP contribution in [0.1, 0.15) is 37.6 Å². The highest BCUT2D eigenvalue weighted by atomic mass is 15.3. The predicted octanol–water partition coefficient (Wildman–Crippen LogP) is 2.72. The summed E-state index contributed by atoms with van der Waals surface area (Å²) in [7, 11) is 0. The second-order valence-electron chi connectivity index (χ2n) is 4.81. The lowest BCUT2D eigenvalue weighted by atomic mass is 9.96. The summed E-state index contributed by atoms with van der Waals surface area (Å²) in [5, 5.41) is 0. The molecule has 0 saturated carbocycles. The van der Waals surface area contributed by atoms with Gasteiger partial charge in [-0.15, -0.1) is 0 Å². The summed E-state index contributed by atoms with van der Waals surface area (Å²) in [6, 6.07) is 2.03. The zero-order valence-electron chi connectivity index (χ0n) is 10.5. The third-order valence-corrected chi connectivity index (χ3v) is 3.35. The Kier molecular flexibility index (Phi) is 3.42. The first-order chi connectivity index (χ1) is 7.69. The average molecular weight is 219 g/mol. The van der Waals surface area contributed by atoms with E-state index < -0.39 is 0 Å². The lowest BCUT2D eigenvalue weighted by molar-refractivity contribution is 0.401. The molecule has 2 rings (SSSR count). The molecule has 0 bridgehead atoms. The van der Waals surface area contributed by atoms with Crippen molar-refractivity contribution < 1.29 is 0 Å². The Hall–Kier alpha value is -1.12. The highest BCUT2D eigenvalue weighted by molar-refractivity contribution is 5.32. The summed E-state index contributed by atoms with van der Waals surface area (Å²) in [5.41, 5.74) is 2.14. The maximum absolute atomic E-state index is 4.54. The summed E-state index contributed by atoms with van der Waals surface area (Å²) < 4.78 is 0. The Morgan fingerprint density at radius 2 is 2.00 bits per heavy atom. The molecule has 0 spiro atoms. The number of aryl methyl sites for hydroxylation is 2. The van der Waals surface area contributed by atoms with E-state index in [-0.39, 0.29) is 0 Å². The van der Waals surface area contributed by atoms with Crippen LogP contribution < -0.4 is 4.90 Å². The Labute approximate surface area is 97.9 Å². The summed E-state index contributed by atoms with van der Waals surface area (Å²) >= 11 is 0. The Bertz CT molecular complexity index is 342. The minimum Gasteiger partial charge on any atom is -0.341 e. The SMILES string of the molecule is CCC1CCCN(c2nc(C)cc(C)n2)C1. The maximum Gasteiger partial charge on any atom is 0.225 e. The van der Waals surface area contributed by atoms with Crippen LogP contribution >= 0.6 is 0 Å². The zero-order valence-corrected chi connectivity index (χ0v) is 10.5. The third kappa shape index (κ3) is 2.52.